The summed E-state index contributed by atoms with van der Waals surface area (Å²) in [6.45, 7) is 4.83. The van der Waals surface area contributed by atoms with E-state index < -0.39 is 22.0 Å². The average molecular weight is 677 g/mol. The van der Waals surface area contributed by atoms with Gasteiger partial charge in [0.1, 0.15) is 24.7 Å². The van der Waals surface area contributed by atoms with Gasteiger partial charge in [-0.3, -0.25) is 14.5 Å². The Hall–Kier alpha value is -3.15. The van der Waals surface area contributed by atoms with E-state index in [1.807, 2.05) is 4.90 Å². The summed E-state index contributed by atoms with van der Waals surface area (Å²) in [7, 11) is -3.82. The molecule has 0 unspecified atom stereocenters. The number of aliphatic carboxylic acids is 2. The molecule has 4 N–H and O–H groups in total. The fourth-order valence-electron chi connectivity index (χ4n) is 3.17. The summed E-state index contributed by atoms with van der Waals surface area (Å²) in [6.07, 6.45) is 6.13. The van der Waals surface area contributed by atoms with Crippen LogP contribution in [-0.4, -0.2) is 54.6 Å². The number of nitrogens with two attached hydrogens (primary N) is 1. The van der Waals surface area contributed by atoms with Gasteiger partial charge >= 0.3 is 23.2 Å². The van der Waals surface area contributed by atoms with E-state index in [0.717, 1.165) is 5.56 Å². The van der Waals surface area contributed by atoms with Crippen molar-refractivity contribution in [2.24, 2.45) is 5.14 Å². The van der Waals surface area contributed by atoms with Crippen molar-refractivity contribution in [1.29, 1.82) is 0 Å². The van der Waals surface area contributed by atoms with Crippen LogP contribution in [0.3, 0.4) is 0 Å². The minimum atomic E-state index is -3.82. The summed E-state index contributed by atoms with van der Waals surface area (Å²) in [5, 5.41) is 23.4. The number of carbonyl (C=O) groups is 2. The van der Waals surface area contributed by atoms with Crippen LogP contribution < -0.4 is 5.14 Å². The quantitative estimate of drug-likeness (QED) is 0.186. The zero-order valence-electron chi connectivity index (χ0n) is 18.2. The fraction of sp³-hybridized carbons (Fsp3) is 0.250. The van der Waals surface area contributed by atoms with E-state index in [1.165, 1.54) is 33.7 Å². The van der Waals surface area contributed by atoms with E-state index in [-0.39, 0.29) is 51.5 Å². The second-order valence-corrected chi connectivity index (χ2v) is 8.63. The Morgan fingerprint density at radius 1 is 0.914 bits per heavy atom. The largest absolute Gasteiger partial charge is 0 e. The van der Waals surface area contributed by atoms with Crippen LogP contribution in [0.15, 0.2) is 53.9 Å². The molecule has 0 spiro atoms. The summed E-state index contributed by atoms with van der Waals surface area (Å²) in [4.78, 5) is 32.6. The van der Waals surface area contributed by atoms with Gasteiger partial charge in [0.15, 0.2) is 0 Å². The summed E-state index contributed by atoms with van der Waals surface area (Å²) in [5.41, 5.74) is 0.769. The first-order valence-electron chi connectivity index (χ1n) is 9.60. The maximum Gasteiger partial charge on any atom is 0 e. The molecule has 0 amide bonds. The Labute approximate surface area is 214 Å². The maximum absolute atomic E-state index is 11.5. The molecule has 0 aliphatic rings. The third-order valence-electron chi connectivity index (χ3n) is 4.60. The molecule has 3 rings (SSSR count). The molecule has 2 aromatic heterocycles. The van der Waals surface area contributed by atoms with Crippen LogP contribution in [0.25, 0.3) is 0 Å². The van der Waals surface area contributed by atoms with Crippen molar-refractivity contribution in [2.75, 3.05) is 0 Å². The molecule has 15 heteroatoms. The van der Waals surface area contributed by atoms with E-state index in [9.17, 15) is 18.0 Å². The molecule has 13 nitrogen and oxygen atoms in total. The summed E-state index contributed by atoms with van der Waals surface area (Å²) in [6, 6.07) is 6.06. The minimum Gasteiger partial charge on any atom is 0 e. The van der Waals surface area contributed by atoms with Crippen molar-refractivity contribution in [3.8, 4) is 0 Å². The Morgan fingerprint density at radius 3 is 1.71 bits per heavy atom. The SMILES string of the molecule is NS(=O)(=O)c1ccc(CN(Cc2nccn2CC(=O)O)Cc2nccn2CC(=O)O)cc1.[C-]#[O+].[Re]. The van der Waals surface area contributed by atoms with Gasteiger partial charge in [0, 0.05) is 51.8 Å². The van der Waals surface area contributed by atoms with Gasteiger partial charge in [-0.1, -0.05) is 12.1 Å². The number of aromatic nitrogens is 4. The molecule has 0 saturated heterocycles. The second kappa shape index (κ2) is 13.7. The van der Waals surface area contributed by atoms with Crippen molar-refractivity contribution in [1.82, 2.24) is 24.0 Å². The number of hydrogen-bond acceptors (Lipinski definition) is 7. The van der Waals surface area contributed by atoms with E-state index in [2.05, 4.69) is 16.6 Å². The summed E-state index contributed by atoms with van der Waals surface area (Å²) >= 11 is 0. The van der Waals surface area contributed by atoms with E-state index >= 15 is 0 Å². The van der Waals surface area contributed by atoms with Crippen LogP contribution >= 0.6 is 0 Å². The van der Waals surface area contributed by atoms with E-state index in [1.54, 1.807) is 24.5 Å². The number of carboxylic acids is 2. The molecular weight excluding hydrogens is 655 g/mol. The van der Waals surface area contributed by atoms with Crippen molar-refractivity contribution < 1.29 is 53.3 Å². The molecule has 1 radical (unpaired) electrons. The van der Waals surface area contributed by atoms with Gasteiger partial charge in [-0.2, -0.15) is 0 Å². The number of benzene rings is 1. The fourth-order valence-corrected chi connectivity index (χ4v) is 3.69. The monoisotopic (exact) mass is 677 g/mol. The molecule has 3 aromatic rings. The topological polar surface area (TPSA) is 194 Å². The third kappa shape index (κ3) is 9.19. The normalized spacial score (nSPS) is 10.7. The van der Waals surface area contributed by atoms with Crippen molar-refractivity contribution in [2.45, 2.75) is 37.6 Å². The molecule has 35 heavy (non-hydrogen) atoms. The second-order valence-electron chi connectivity index (χ2n) is 7.06. The standard InChI is InChI=1S/C19H22N6O6S.CO.Re/c20-32(30,31)15-3-1-14(2-4-15)9-23(10-16-21-5-7-24(16)12-18(26)27)11-17-22-6-8-25(17)13-19(28)29;1-2;/h1-8H,9-13H2,(H,26,27)(H,28,29)(H2,20,30,31);;. The van der Waals surface area contributed by atoms with Gasteiger partial charge in [0.05, 0.1) is 18.0 Å². The first-order chi connectivity index (χ1) is 16.1. The van der Waals surface area contributed by atoms with Gasteiger partial charge in [0.2, 0.25) is 10.0 Å². The zero-order valence-corrected chi connectivity index (χ0v) is 21.7. The van der Waals surface area contributed by atoms with Gasteiger partial charge in [-0.05, 0) is 17.7 Å². The number of carboxylic acid groups (broad SMARTS) is 2. The predicted molar refractivity (Wildman–Crippen MR) is 114 cm³/mol. The van der Waals surface area contributed by atoms with Gasteiger partial charge in [-0.15, -0.1) is 0 Å². The number of hydrogen-bond donors (Lipinski definition) is 3. The maximum atomic E-state index is 11.5. The molecule has 0 aliphatic carbocycles. The number of rotatable bonds is 11. The number of primary sulfonamides is 1. The Morgan fingerprint density at radius 2 is 1.34 bits per heavy atom. The van der Waals surface area contributed by atoms with E-state index in [4.69, 9.17) is 20.0 Å². The van der Waals surface area contributed by atoms with Crippen LogP contribution in [0, 0.1) is 6.65 Å². The number of imidazole rings is 2. The third-order valence-corrected chi connectivity index (χ3v) is 5.53. The average Bonchev–Trinajstić information content (AvgIpc) is 3.38. The molecular formula is C20H22N6O7ReS. The first-order valence-corrected chi connectivity index (χ1v) is 11.1. The Bertz CT molecular complexity index is 1200. The van der Waals surface area contributed by atoms with Crippen molar-refractivity contribution in [3.05, 3.63) is 72.9 Å². The molecule has 0 aliphatic heterocycles. The van der Waals surface area contributed by atoms with Gasteiger partial charge in [-0.25, -0.2) is 23.5 Å². The molecule has 1 aromatic carbocycles. The van der Waals surface area contributed by atoms with Crippen LogP contribution in [0.5, 0.6) is 0 Å². The molecule has 2 heterocycles. The first kappa shape index (κ1) is 29.9. The smallest absolute Gasteiger partial charge is 0 e. The zero-order chi connectivity index (χ0) is 25.3. The predicted octanol–water partition coefficient (Wildman–Crippen LogP) is 0.0586. The number of sulfonamides is 1. The van der Waals surface area contributed by atoms with Crippen molar-refractivity contribution in [3.63, 3.8) is 0 Å². The molecule has 0 atom stereocenters. The Kier molecular flexibility index (Phi) is 11.7. The van der Waals surface area contributed by atoms with Crippen LogP contribution in [0.4, 0.5) is 0 Å². The molecule has 187 valence electrons. The Balaban J connectivity index is 0.00000199. The van der Waals surface area contributed by atoms with Crippen LogP contribution in [0.1, 0.15) is 17.2 Å². The summed E-state index contributed by atoms with van der Waals surface area (Å²) < 4.78 is 33.5. The molecule has 0 bridgehead atoms. The molecule has 0 fully saturated rings. The minimum absolute atomic E-state index is 0. The van der Waals surface area contributed by atoms with Gasteiger partial charge in [0.25, 0.3) is 0 Å². The van der Waals surface area contributed by atoms with Crippen LogP contribution in [0.2, 0.25) is 0 Å². The van der Waals surface area contributed by atoms with E-state index in [0.29, 0.717) is 18.2 Å². The molecule has 0 saturated carbocycles. The van der Waals surface area contributed by atoms with Crippen molar-refractivity contribution >= 4 is 22.0 Å². The van der Waals surface area contributed by atoms with Crippen LogP contribution in [-0.2, 0) is 77.4 Å². The summed E-state index contributed by atoms with van der Waals surface area (Å²) in [5.74, 6) is -1.01. The van der Waals surface area contributed by atoms with Gasteiger partial charge < -0.3 is 19.3 Å². The number of nitrogens with zero attached hydrogens (tertiary/aromatic N) is 5.